The molecular formula is C12H11ClFN3. The Morgan fingerprint density at radius 2 is 2.12 bits per heavy atom. The van der Waals surface area contributed by atoms with Crippen molar-refractivity contribution in [3.05, 3.63) is 53.3 Å². The number of hydrogen-bond acceptors (Lipinski definition) is 3. The minimum atomic E-state index is -0.347. The van der Waals surface area contributed by atoms with E-state index in [1.165, 1.54) is 12.3 Å². The number of anilines is 1. The Morgan fingerprint density at radius 1 is 1.29 bits per heavy atom. The quantitative estimate of drug-likeness (QED) is 0.908. The van der Waals surface area contributed by atoms with Crippen LogP contribution in [0.5, 0.6) is 0 Å². The summed E-state index contributed by atoms with van der Waals surface area (Å²) in [6.45, 7) is 1.92. The average molecular weight is 252 g/mol. The van der Waals surface area contributed by atoms with Crippen molar-refractivity contribution in [2.24, 2.45) is 0 Å². The van der Waals surface area contributed by atoms with Gasteiger partial charge in [-0.05, 0) is 25.1 Å². The molecule has 17 heavy (non-hydrogen) atoms. The highest BCUT2D eigenvalue weighted by Gasteiger charge is 2.08. The van der Waals surface area contributed by atoms with Crippen molar-refractivity contribution in [3.63, 3.8) is 0 Å². The van der Waals surface area contributed by atoms with Gasteiger partial charge in [0.1, 0.15) is 5.82 Å². The maximum Gasteiger partial charge on any atom is 0.141 e. The molecule has 0 fully saturated rings. The third kappa shape index (κ3) is 2.91. The van der Waals surface area contributed by atoms with Crippen molar-refractivity contribution in [1.82, 2.24) is 9.97 Å². The van der Waals surface area contributed by atoms with Crippen LogP contribution in [0.15, 0.2) is 36.8 Å². The van der Waals surface area contributed by atoms with Gasteiger partial charge in [0.15, 0.2) is 0 Å². The van der Waals surface area contributed by atoms with Gasteiger partial charge in [-0.25, -0.2) is 4.39 Å². The van der Waals surface area contributed by atoms with E-state index in [0.717, 1.165) is 11.4 Å². The van der Waals surface area contributed by atoms with Crippen molar-refractivity contribution in [1.29, 1.82) is 0 Å². The molecule has 0 saturated carbocycles. The first kappa shape index (κ1) is 11.8. The zero-order valence-corrected chi connectivity index (χ0v) is 9.95. The Kier molecular flexibility index (Phi) is 3.54. The number of rotatable bonds is 3. The number of nitrogens with zero attached hydrogens (tertiary/aromatic N) is 2. The molecular weight excluding hydrogens is 241 g/mol. The summed E-state index contributed by atoms with van der Waals surface area (Å²) in [4.78, 5) is 7.98. The molecule has 1 unspecified atom stereocenters. The normalized spacial score (nSPS) is 12.2. The molecule has 5 heteroatoms. The lowest BCUT2D eigenvalue weighted by molar-refractivity contribution is 0.617. The molecule has 3 nitrogen and oxygen atoms in total. The van der Waals surface area contributed by atoms with Gasteiger partial charge in [-0.3, -0.25) is 9.97 Å². The first-order valence-electron chi connectivity index (χ1n) is 5.14. The summed E-state index contributed by atoms with van der Waals surface area (Å²) >= 11 is 6.00. The molecule has 2 aromatic heterocycles. The van der Waals surface area contributed by atoms with Crippen LogP contribution < -0.4 is 5.32 Å². The van der Waals surface area contributed by atoms with Gasteiger partial charge in [0, 0.05) is 6.20 Å². The fourth-order valence-corrected chi connectivity index (χ4v) is 1.59. The molecule has 0 bridgehead atoms. The Hall–Kier alpha value is -1.68. The zero-order chi connectivity index (χ0) is 12.3. The van der Waals surface area contributed by atoms with Crippen LogP contribution in [0.4, 0.5) is 10.1 Å². The van der Waals surface area contributed by atoms with Crippen LogP contribution >= 0.6 is 11.6 Å². The largest absolute Gasteiger partial charge is 0.374 e. The third-order valence-electron chi connectivity index (χ3n) is 2.33. The molecule has 1 atom stereocenters. The fourth-order valence-electron chi connectivity index (χ4n) is 1.43. The van der Waals surface area contributed by atoms with Crippen LogP contribution in [0, 0.1) is 5.82 Å². The van der Waals surface area contributed by atoms with Crippen LogP contribution in [0.2, 0.25) is 5.02 Å². The minimum absolute atomic E-state index is 0.0719. The fraction of sp³-hybridized carbons (Fsp3) is 0.167. The van der Waals surface area contributed by atoms with Crippen LogP contribution in [0.1, 0.15) is 18.7 Å². The van der Waals surface area contributed by atoms with Crippen LogP contribution in [0.25, 0.3) is 0 Å². The lowest BCUT2D eigenvalue weighted by Crippen LogP contribution is -2.09. The molecule has 0 aliphatic carbocycles. The predicted molar refractivity (Wildman–Crippen MR) is 65.5 cm³/mol. The number of pyridine rings is 2. The number of halogens is 2. The van der Waals surface area contributed by atoms with E-state index in [1.54, 1.807) is 24.5 Å². The van der Waals surface area contributed by atoms with Crippen LogP contribution in [-0.2, 0) is 0 Å². The molecule has 0 spiro atoms. The van der Waals surface area contributed by atoms with E-state index in [1.807, 2.05) is 6.92 Å². The van der Waals surface area contributed by atoms with E-state index >= 15 is 0 Å². The molecule has 0 aliphatic rings. The summed E-state index contributed by atoms with van der Waals surface area (Å²) in [6.07, 6.45) is 4.45. The predicted octanol–water partition coefficient (Wildman–Crippen LogP) is 3.44. The topological polar surface area (TPSA) is 37.8 Å². The van der Waals surface area contributed by atoms with Crippen molar-refractivity contribution in [2.45, 2.75) is 13.0 Å². The summed E-state index contributed by atoms with van der Waals surface area (Å²) in [7, 11) is 0. The standard InChI is InChI=1S/C12H11ClFN3/c1-8(11-3-2-9(14)6-16-11)17-12-7-15-5-4-10(12)13/h2-8,17H,1H3. The summed E-state index contributed by atoms with van der Waals surface area (Å²) in [6, 6.07) is 4.65. The van der Waals surface area contributed by atoms with Crippen molar-refractivity contribution in [3.8, 4) is 0 Å². The van der Waals surface area contributed by atoms with E-state index in [2.05, 4.69) is 15.3 Å². The lowest BCUT2D eigenvalue weighted by atomic mass is 10.2. The summed E-state index contributed by atoms with van der Waals surface area (Å²) in [5.41, 5.74) is 1.47. The summed E-state index contributed by atoms with van der Waals surface area (Å²) in [5.74, 6) is -0.347. The first-order valence-corrected chi connectivity index (χ1v) is 5.52. The molecule has 0 aromatic carbocycles. The van der Waals surface area contributed by atoms with E-state index < -0.39 is 0 Å². The molecule has 2 rings (SSSR count). The van der Waals surface area contributed by atoms with E-state index in [-0.39, 0.29) is 11.9 Å². The minimum Gasteiger partial charge on any atom is -0.374 e. The Morgan fingerprint density at radius 3 is 2.76 bits per heavy atom. The van der Waals surface area contributed by atoms with Crippen LogP contribution in [-0.4, -0.2) is 9.97 Å². The molecule has 2 aromatic rings. The SMILES string of the molecule is CC(Nc1cnccc1Cl)c1ccc(F)cn1. The first-order chi connectivity index (χ1) is 8.16. The molecule has 88 valence electrons. The Labute approximate surface area is 104 Å². The van der Waals surface area contributed by atoms with Gasteiger partial charge < -0.3 is 5.32 Å². The van der Waals surface area contributed by atoms with E-state index in [0.29, 0.717) is 5.02 Å². The van der Waals surface area contributed by atoms with Gasteiger partial charge in [-0.15, -0.1) is 0 Å². The maximum atomic E-state index is 12.7. The highest BCUT2D eigenvalue weighted by Crippen LogP contribution is 2.23. The van der Waals surface area contributed by atoms with Crippen LogP contribution in [0.3, 0.4) is 0 Å². The average Bonchev–Trinajstić information content (AvgIpc) is 2.33. The second-order valence-corrected chi connectivity index (χ2v) is 4.03. The highest BCUT2D eigenvalue weighted by molar-refractivity contribution is 6.33. The Balaban J connectivity index is 2.14. The number of aromatic nitrogens is 2. The molecule has 0 radical (unpaired) electrons. The molecule has 0 amide bonds. The molecule has 0 saturated heterocycles. The number of hydrogen-bond donors (Lipinski definition) is 1. The van der Waals surface area contributed by atoms with E-state index in [9.17, 15) is 4.39 Å². The van der Waals surface area contributed by atoms with Crippen molar-refractivity contribution >= 4 is 17.3 Å². The van der Waals surface area contributed by atoms with Gasteiger partial charge in [0.05, 0.1) is 34.8 Å². The van der Waals surface area contributed by atoms with Gasteiger partial charge in [-0.2, -0.15) is 0 Å². The molecule has 1 N–H and O–H groups in total. The van der Waals surface area contributed by atoms with Crippen molar-refractivity contribution < 1.29 is 4.39 Å². The van der Waals surface area contributed by atoms with Gasteiger partial charge in [0.2, 0.25) is 0 Å². The summed E-state index contributed by atoms with van der Waals surface area (Å²) in [5, 5.41) is 3.76. The Bertz CT molecular complexity index is 501. The molecule has 2 heterocycles. The second kappa shape index (κ2) is 5.10. The maximum absolute atomic E-state index is 12.7. The van der Waals surface area contributed by atoms with Crippen molar-refractivity contribution in [2.75, 3.05) is 5.32 Å². The monoisotopic (exact) mass is 251 g/mol. The van der Waals surface area contributed by atoms with Gasteiger partial charge in [-0.1, -0.05) is 11.6 Å². The number of nitrogens with one attached hydrogen (secondary N) is 1. The van der Waals surface area contributed by atoms with E-state index in [4.69, 9.17) is 11.6 Å². The smallest absolute Gasteiger partial charge is 0.141 e. The third-order valence-corrected chi connectivity index (χ3v) is 2.66. The summed E-state index contributed by atoms with van der Waals surface area (Å²) < 4.78 is 12.7. The zero-order valence-electron chi connectivity index (χ0n) is 9.19. The highest BCUT2D eigenvalue weighted by atomic mass is 35.5. The lowest BCUT2D eigenvalue weighted by Gasteiger charge is -2.15. The molecule has 0 aliphatic heterocycles. The van der Waals surface area contributed by atoms with Gasteiger partial charge in [0.25, 0.3) is 0 Å². The van der Waals surface area contributed by atoms with Gasteiger partial charge >= 0.3 is 0 Å². The second-order valence-electron chi connectivity index (χ2n) is 3.62.